The highest BCUT2D eigenvalue weighted by Crippen LogP contribution is 2.19. The molecular weight excluding hydrogens is 226 g/mol. The zero-order valence-electron chi connectivity index (χ0n) is 11.9. The van der Waals surface area contributed by atoms with Gasteiger partial charge in [0.2, 0.25) is 5.91 Å². The third-order valence-electron chi connectivity index (χ3n) is 4.50. The Kier molecular flexibility index (Phi) is 5.01. The average Bonchev–Trinajstić information content (AvgIpc) is 2.41. The zero-order chi connectivity index (χ0) is 13.0. The second-order valence-corrected chi connectivity index (χ2v) is 5.65. The molecule has 0 bridgehead atoms. The summed E-state index contributed by atoms with van der Waals surface area (Å²) in [6.45, 7) is 8.38. The monoisotopic (exact) mass is 253 g/mol. The first-order valence-electron chi connectivity index (χ1n) is 7.41. The summed E-state index contributed by atoms with van der Waals surface area (Å²) in [4.78, 5) is 19.1. The van der Waals surface area contributed by atoms with Crippen LogP contribution in [0, 0.1) is 0 Å². The van der Waals surface area contributed by atoms with Gasteiger partial charge in [0.05, 0.1) is 0 Å². The van der Waals surface area contributed by atoms with E-state index in [0.29, 0.717) is 11.9 Å². The lowest BCUT2D eigenvalue weighted by Crippen LogP contribution is -2.50. The van der Waals surface area contributed by atoms with Crippen molar-refractivity contribution in [3.05, 3.63) is 0 Å². The van der Waals surface area contributed by atoms with Gasteiger partial charge in [0.1, 0.15) is 0 Å². The fourth-order valence-electron chi connectivity index (χ4n) is 3.05. The third-order valence-corrected chi connectivity index (χ3v) is 4.50. The molecular formula is C14H27N3O. The molecule has 1 amide bonds. The molecule has 0 aromatic rings. The summed E-state index contributed by atoms with van der Waals surface area (Å²) in [6.07, 6.45) is 4.49. The van der Waals surface area contributed by atoms with Crippen LogP contribution in [0.3, 0.4) is 0 Å². The Morgan fingerprint density at radius 1 is 1.11 bits per heavy atom. The van der Waals surface area contributed by atoms with Gasteiger partial charge in [0, 0.05) is 38.6 Å². The Bertz CT molecular complexity index is 274. The number of piperazine rings is 1. The van der Waals surface area contributed by atoms with Crippen molar-refractivity contribution in [2.45, 2.75) is 38.6 Å². The van der Waals surface area contributed by atoms with Crippen molar-refractivity contribution in [1.29, 1.82) is 0 Å². The summed E-state index contributed by atoms with van der Waals surface area (Å²) in [5.41, 5.74) is 0. The van der Waals surface area contributed by atoms with Crippen LogP contribution in [0.5, 0.6) is 0 Å². The van der Waals surface area contributed by atoms with Crippen molar-refractivity contribution in [2.75, 3.05) is 46.3 Å². The number of piperidine rings is 1. The molecule has 0 aromatic heterocycles. The Morgan fingerprint density at radius 2 is 1.83 bits per heavy atom. The number of rotatable bonds is 3. The number of carbonyl (C=O) groups excluding carboxylic acids is 1. The lowest BCUT2D eigenvalue weighted by Gasteiger charge is -2.37. The van der Waals surface area contributed by atoms with Gasteiger partial charge >= 0.3 is 0 Å². The van der Waals surface area contributed by atoms with Crippen LogP contribution in [0.4, 0.5) is 0 Å². The standard InChI is InChI=1S/C14H27N3O/c1-3-16-8-10-17(11-9-16)14(18)12-13-6-4-5-7-15(13)2/h13H,3-12H2,1-2H3. The Balaban J connectivity index is 1.77. The molecule has 0 aliphatic carbocycles. The van der Waals surface area contributed by atoms with Gasteiger partial charge in [-0.1, -0.05) is 13.3 Å². The van der Waals surface area contributed by atoms with Crippen molar-refractivity contribution >= 4 is 5.91 Å². The molecule has 104 valence electrons. The van der Waals surface area contributed by atoms with E-state index in [0.717, 1.165) is 45.7 Å². The number of hydrogen-bond acceptors (Lipinski definition) is 3. The van der Waals surface area contributed by atoms with Crippen molar-refractivity contribution in [3.8, 4) is 0 Å². The van der Waals surface area contributed by atoms with E-state index in [4.69, 9.17) is 0 Å². The summed E-state index contributed by atoms with van der Waals surface area (Å²) in [7, 11) is 2.16. The Hall–Kier alpha value is -0.610. The summed E-state index contributed by atoms with van der Waals surface area (Å²) in [5.74, 6) is 0.365. The summed E-state index contributed by atoms with van der Waals surface area (Å²) in [5, 5.41) is 0. The van der Waals surface area contributed by atoms with E-state index in [1.54, 1.807) is 0 Å². The molecule has 2 aliphatic heterocycles. The van der Waals surface area contributed by atoms with Gasteiger partial charge in [-0.25, -0.2) is 0 Å². The summed E-state index contributed by atoms with van der Waals surface area (Å²) < 4.78 is 0. The first-order chi connectivity index (χ1) is 8.70. The molecule has 1 atom stereocenters. The van der Waals surface area contributed by atoms with Gasteiger partial charge in [-0.3, -0.25) is 4.79 Å². The molecule has 2 saturated heterocycles. The summed E-state index contributed by atoms with van der Waals surface area (Å²) in [6, 6.07) is 0.482. The highest BCUT2D eigenvalue weighted by molar-refractivity contribution is 5.77. The topological polar surface area (TPSA) is 26.8 Å². The summed E-state index contributed by atoms with van der Waals surface area (Å²) >= 11 is 0. The van der Waals surface area contributed by atoms with Crippen molar-refractivity contribution in [2.24, 2.45) is 0 Å². The number of nitrogens with zero attached hydrogens (tertiary/aromatic N) is 3. The lowest BCUT2D eigenvalue weighted by atomic mass is 9.99. The van der Waals surface area contributed by atoms with Crippen LogP contribution in [0.15, 0.2) is 0 Å². The van der Waals surface area contributed by atoms with E-state index in [2.05, 4.69) is 28.7 Å². The Morgan fingerprint density at radius 3 is 2.44 bits per heavy atom. The Labute approximate surface area is 111 Å². The molecule has 2 aliphatic rings. The van der Waals surface area contributed by atoms with Crippen LogP contribution in [-0.2, 0) is 4.79 Å². The molecule has 0 aromatic carbocycles. The van der Waals surface area contributed by atoms with Crippen molar-refractivity contribution in [1.82, 2.24) is 14.7 Å². The van der Waals surface area contributed by atoms with Gasteiger partial charge in [-0.2, -0.15) is 0 Å². The quantitative estimate of drug-likeness (QED) is 0.751. The molecule has 4 nitrogen and oxygen atoms in total. The molecule has 0 radical (unpaired) electrons. The van der Waals surface area contributed by atoms with Crippen LogP contribution in [0.1, 0.15) is 32.6 Å². The molecule has 18 heavy (non-hydrogen) atoms. The van der Waals surface area contributed by atoms with E-state index >= 15 is 0 Å². The van der Waals surface area contributed by atoms with E-state index in [1.165, 1.54) is 19.3 Å². The van der Waals surface area contributed by atoms with Crippen molar-refractivity contribution < 1.29 is 4.79 Å². The molecule has 0 saturated carbocycles. The maximum atomic E-state index is 12.3. The largest absolute Gasteiger partial charge is 0.340 e. The number of likely N-dealkylation sites (tertiary alicyclic amines) is 1. The number of carbonyl (C=O) groups is 1. The van der Waals surface area contributed by atoms with Crippen LogP contribution >= 0.6 is 0 Å². The lowest BCUT2D eigenvalue weighted by molar-refractivity contribution is -0.134. The van der Waals surface area contributed by atoms with E-state index in [9.17, 15) is 4.79 Å². The molecule has 2 rings (SSSR count). The second-order valence-electron chi connectivity index (χ2n) is 5.65. The first-order valence-corrected chi connectivity index (χ1v) is 7.41. The van der Waals surface area contributed by atoms with Crippen molar-refractivity contribution in [3.63, 3.8) is 0 Å². The SMILES string of the molecule is CCN1CCN(C(=O)CC2CCCCN2C)CC1. The van der Waals surface area contributed by atoms with Gasteiger partial charge in [-0.15, -0.1) is 0 Å². The maximum Gasteiger partial charge on any atom is 0.224 e. The molecule has 2 fully saturated rings. The minimum atomic E-state index is 0.365. The minimum absolute atomic E-state index is 0.365. The van der Waals surface area contributed by atoms with Gasteiger partial charge in [0.15, 0.2) is 0 Å². The second kappa shape index (κ2) is 6.53. The van der Waals surface area contributed by atoms with Crippen LogP contribution in [0.2, 0.25) is 0 Å². The smallest absolute Gasteiger partial charge is 0.224 e. The van der Waals surface area contributed by atoms with Gasteiger partial charge < -0.3 is 14.7 Å². The highest BCUT2D eigenvalue weighted by Gasteiger charge is 2.26. The first kappa shape index (κ1) is 13.8. The fourth-order valence-corrected chi connectivity index (χ4v) is 3.05. The molecule has 2 heterocycles. The number of hydrogen-bond donors (Lipinski definition) is 0. The normalized spacial score (nSPS) is 27.4. The van der Waals surface area contributed by atoms with Crippen LogP contribution in [-0.4, -0.2) is 73.0 Å². The highest BCUT2D eigenvalue weighted by atomic mass is 16.2. The predicted octanol–water partition coefficient (Wildman–Crippen LogP) is 1.02. The van der Waals surface area contributed by atoms with E-state index in [1.807, 2.05) is 0 Å². The third kappa shape index (κ3) is 3.45. The average molecular weight is 253 g/mol. The van der Waals surface area contributed by atoms with E-state index in [-0.39, 0.29) is 0 Å². The molecule has 0 spiro atoms. The fraction of sp³-hybridized carbons (Fsp3) is 0.929. The van der Waals surface area contributed by atoms with Gasteiger partial charge in [-0.05, 0) is 33.0 Å². The minimum Gasteiger partial charge on any atom is -0.340 e. The van der Waals surface area contributed by atoms with Crippen LogP contribution < -0.4 is 0 Å². The zero-order valence-corrected chi connectivity index (χ0v) is 11.9. The van der Waals surface area contributed by atoms with E-state index < -0.39 is 0 Å². The molecule has 4 heteroatoms. The molecule has 1 unspecified atom stereocenters. The number of amides is 1. The maximum absolute atomic E-state index is 12.3. The van der Waals surface area contributed by atoms with Gasteiger partial charge in [0.25, 0.3) is 0 Å². The van der Waals surface area contributed by atoms with Crippen LogP contribution in [0.25, 0.3) is 0 Å². The predicted molar refractivity (Wildman–Crippen MR) is 73.6 cm³/mol. The molecule has 0 N–H and O–H groups in total. The number of likely N-dealkylation sites (N-methyl/N-ethyl adjacent to an activating group) is 1.